The second-order valence-corrected chi connectivity index (χ2v) is 7.79. The van der Waals surface area contributed by atoms with E-state index in [2.05, 4.69) is 6.92 Å². The zero-order chi connectivity index (χ0) is 20.1. The first-order valence-corrected chi connectivity index (χ1v) is 10.4. The maximum Gasteiger partial charge on any atom is 0.166 e. The van der Waals surface area contributed by atoms with Gasteiger partial charge in [-0.15, -0.1) is 0 Å². The Kier molecular flexibility index (Phi) is 7.17. The summed E-state index contributed by atoms with van der Waals surface area (Å²) in [6, 6.07) is 7.75. The van der Waals surface area contributed by atoms with Crippen molar-refractivity contribution in [1.82, 2.24) is 0 Å². The summed E-state index contributed by atoms with van der Waals surface area (Å²) < 4.78 is 49.5. The van der Waals surface area contributed by atoms with Gasteiger partial charge in [0.15, 0.2) is 11.6 Å². The molecule has 0 spiro atoms. The van der Waals surface area contributed by atoms with Crippen molar-refractivity contribution in [3.05, 3.63) is 58.9 Å². The fourth-order valence-electron chi connectivity index (χ4n) is 4.02. The maximum atomic E-state index is 14.7. The van der Waals surface area contributed by atoms with E-state index in [9.17, 15) is 13.2 Å². The zero-order valence-corrected chi connectivity index (χ0v) is 16.7. The van der Waals surface area contributed by atoms with Gasteiger partial charge in [0.05, 0.1) is 12.7 Å². The molecule has 0 aliphatic carbocycles. The van der Waals surface area contributed by atoms with E-state index in [-0.39, 0.29) is 11.7 Å². The smallest absolute Gasteiger partial charge is 0.166 e. The van der Waals surface area contributed by atoms with E-state index in [4.69, 9.17) is 4.74 Å². The highest BCUT2D eigenvalue weighted by molar-refractivity contribution is 5.65. The Hall–Kier alpha value is -1.81. The summed E-state index contributed by atoms with van der Waals surface area (Å²) in [6.07, 6.45) is 6.03. The van der Waals surface area contributed by atoms with Crippen LogP contribution in [0, 0.1) is 23.4 Å². The number of unbranched alkanes of at least 4 members (excludes halogenated alkanes) is 1. The number of hydrogen-bond acceptors (Lipinski definition) is 1. The summed E-state index contributed by atoms with van der Waals surface area (Å²) in [5.41, 5.74) is 1.31. The van der Waals surface area contributed by atoms with Crippen LogP contribution in [-0.4, -0.2) is 6.61 Å². The minimum absolute atomic E-state index is 0.0933. The Morgan fingerprint density at radius 1 is 0.964 bits per heavy atom. The van der Waals surface area contributed by atoms with Crippen molar-refractivity contribution in [2.75, 3.05) is 6.61 Å². The fraction of sp³-hybridized carbons (Fsp3) is 0.500. The van der Waals surface area contributed by atoms with Crippen LogP contribution in [0.2, 0.25) is 0 Å². The standard InChI is InChI=1S/C24H29F3O/c1-3-5-7-17-9-11-19(24(27)23(17)26)18-10-12-20(21(25)14-18)22-13-8-16(6-4-2)15-28-22/h9-12,14,16,22H,3-8,13,15H2,1-2H3. The molecule has 2 aromatic rings. The molecule has 3 rings (SSSR count). The van der Waals surface area contributed by atoms with Crippen LogP contribution in [-0.2, 0) is 11.2 Å². The summed E-state index contributed by atoms with van der Waals surface area (Å²) in [6.45, 7) is 4.81. The maximum absolute atomic E-state index is 14.7. The van der Waals surface area contributed by atoms with Crippen molar-refractivity contribution in [2.24, 2.45) is 5.92 Å². The van der Waals surface area contributed by atoms with Crippen molar-refractivity contribution in [2.45, 2.75) is 64.9 Å². The van der Waals surface area contributed by atoms with E-state index >= 15 is 0 Å². The van der Waals surface area contributed by atoms with Crippen LogP contribution in [0.4, 0.5) is 13.2 Å². The molecule has 2 atom stereocenters. The van der Waals surface area contributed by atoms with Crippen molar-refractivity contribution in [1.29, 1.82) is 0 Å². The molecule has 0 bridgehead atoms. The second-order valence-electron chi connectivity index (χ2n) is 7.79. The Balaban J connectivity index is 1.78. The summed E-state index contributed by atoms with van der Waals surface area (Å²) >= 11 is 0. The molecule has 1 heterocycles. The highest BCUT2D eigenvalue weighted by atomic mass is 19.2. The van der Waals surface area contributed by atoms with Gasteiger partial charge in [0.2, 0.25) is 0 Å². The lowest BCUT2D eigenvalue weighted by molar-refractivity contribution is -0.0211. The number of ether oxygens (including phenoxy) is 1. The van der Waals surface area contributed by atoms with Crippen molar-refractivity contribution >= 4 is 0 Å². The quantitative estimate of drug-likeness (QED) is 0.479. The third-order valence-electron chi connectivity index (χ3n) is 5.69. The molecule has 2 unspecified atom stereocenters. The van der Waals surface area contributed by atoms with Gasteiger partial charge in [-0.05, 0) is 55.2 Å². The fourth-order valence-corrected chi connectivity index (χ4v) is 4.02. The van der Waals surface area contributed by atoms with Gasteiger partial charge in [0.25, 0.3) is 0 Å². The van der Waals surface area contributed by atoms with E-state index in [1.54, 1.807) is 24.3 Å². The van der Waals surface area contributed by atoms with Gasteiger partial charge in [-0.1, -0.05) is 51.0 Å². The van der Waals surface area contributed by atoms with Crippen LogP contribution >= 0.6 is 0 Å². The molecule has 1 nitrogen and oxygen atoms in total. The van der Waals surface area contributed by atoms with Gasteiger partial charge in [-0.25, -0.2) is 13.2 Å². The molecule has 0 saturated carbocycles. The molecule has 1 aliphatic rings. The summed E-state index contributed by atoms with van der Waals surface area (Å²) in [5.74, 6) is -1.61. The Bertz CT molecular complexity index is 795. The minimum Gasteiger partial charge on any atom is -0.373 e. The summed E-state index contributed by atoms with van der Waals surface area (Å²) in [4.78, 5) is 0. The summed E-state index contributed by atoms with van der Waals surface area (Å²) in [7, 11) is 0. The average molecular weight is 390 g/mol. The number of aryl methyl sites for hydroxylation is 1. The van der Waals surface area contributed by atoms with Crippen molar-refractivity contribution in [3.8, 4) is 11.1 Å². The lowest BCUT2D eigenvalue weighted by Gasteiger charge is -2.29. The van der Waals surface area contributed by atoms with Gasteiger partial charge in [0.1, 0.15) is 5.82 Å². The third-order valence-corrected chi connectivity index (χ3v) is 5.69. The molecular weight excluding hydrogens is 361 g/mol. The molecule has 0 radical (unpaired) electrons. The van der Waals surface area contributed by atoms with Crippen LogP contribution in [0.3, 0.4) is 0 Å². The topological polar surface area (TPSA) is 9.23 Å². The monoisotopic (exact) mass is 390 g/mol. The van der Waals surface area contributed by atoms with Gasteiger partial charge in [-0.3, -0.25) is 0 Å². The number of rotatable bonds is 7. The van der Waals surface area contributed by atoms with E-state index in [0.29, 0.717) is 35.6 Å². The highest BCUT2D eigenvalue weighted by Crippen LogP contribution is 2.35. The predicted molar refractivity (Wildman–Crippen MR) is 107 cm³/mol. The molecule has 4 heteroatoms. The molecule has 0 N–H and O–H groups in total. The van der Waals surface area contributed by atoms with Gasteiger partial charge < -0.3 is 4.74 Å². The summed E-state index contributed by atoms with van der Waals surface area (Å²) in [5, 5.41) is 0. The van der Waals surface area contributed by atoms with E-state index in [0.717, 1.165) is 38.5 Å². The third kappa shape index (κ3) is 4.60. The van der Waals surface area contributed by atoms with Crippen LogP contribution in [0.15, 0.2) is 30.3 Å². The van der Waals surface area contributed by atoms with E-state index in [1.165, 1.54) is 6.07 Å². The van der Waals surface area contributed by atoms with Gasteiger partial charge in [-0.2, -0.15) is 0 Å². The number of benzene rings is 2. The Morgan fingerprint density at radius 2 is 1.79 bits per heavy atom. The van der Waals surface area contributed by atoms with Crippen LogP contribution in [0.25, 0.3) is 11.1 Å². The molecule has 152 valence electrons. The first-order valence-electron chi connectivity index (χ1n) is 10.4. The highest BCUT2D eigenvalue weighted by Gasteiger charge is 2.25. The molecule has 1 saturated heterocycles. The number of hydrogen-bond donors (Lipinski definition) is 0. The first kappa shape index (κ1) is 20.9. The normalized spacial score (nSPS) is 19.8. The van der Waals surface area contributed by atoms with E-state index < -0.39 is 17.5 Å². The van der Waals surface area contributed by atoms with Gasteiger partial charge >= 0.3 is 0 Å². The molecule has 0 amide bonds. The zero-order valence-electron chi connectivity index (χ0n) is 16.7. The molecular formula is C24H29F3O. The van der Waals surface area contributed by atoms with Crippen molar-refractivity contribution < 1.29 is 17.9 Å². The SMILES string of the molecule is CCCCc1ccc(-c2ccc(C3CCC(CCC)CO3)c(F)c2)c(F)c1F. The van der Waals surface area contributed by atoms with E-state index in [1.807, 2.05) is 6.92 Å². The van der Waals surface area contributed by atoms with Crippen LogP contribution in [0.1, 0.15) is 69.6 Å². The minimum atomic E-state index is -0.905. The average Bonchev–Trinajstić information content (AvgIpc) is 2.70. The Morgan fingerprint density at radius 3 is 2.43 bits per heavy atom. The molecule has 2 aromatic carbocycles. The molecule has 1 fully saturated rings. The lowest BCUT2D eigenvalue weighted by atomic mass is 9.91. The molecule has 28 heavy (non-hydrogen) atoms. The first-order chi connectivity index (χ1) is 13.5. The molecule has 1 aliphatic heterocycles. The lowest BCUT2D eigenvalue weighted by Crippen LogP contribution is -2.21. The number of halogens is 3. The van der Waals surface area contributed by atoms with Gasteiger partial charge in [0, 0.05) is 11.1 Å². The molecule has 0 aromatic heterocycles. The second kappa shape index (κ2) is 9.60. The Labute approximate surface area is 165 Å². The predicted octanol–water partition coefficient (Wildman–Crippen LogP) is 7.38. The van der Waals surface area contributed by atoms with Crippen LogP contribution < -0.4 is 0 Å². The van der Waals surface area contributed by atoms with Crippen LogP contribution in [0.5, 0.6) is 0 Å². The van der Waals surface area contributed by atoms with Crippen molar-refractivity contribution in [3.63, 3.8) is 0 Å². The largest absolute Gasteiger partial charge is 0.373 e.